The smallest absolute Gasteiger partial charge is 0.335 e. The average Bonchev–Trinajstić information content (AvgIpc) is 3.43. The van der Waals surface area contributed by atoms with E-state index in [-0.39, 0.29) is 36.6 Å². The molecule has 158 valence electrons. The lowest BCUT2D eigenvalue weighted by Crippen LogP contribution is -2.51. The van der Waals surface area contributed by atoms with Crippen molar-refractivity contribution in [2.24, 2.45) is 0 Å². The van der Waals surface area contributed by atoms with Gasteiger partial charge in [0.15, 0.2) is 0 Å². The monoisotopic (exact) mass is 413 g/mol. The minimum absolute atomic E-state index is 0.0174. The number of nitrogens with zero attached hydrogens (tertiary/aromatic N) is 2. The third kappa shape index (κ3) is 4.22. The van der Waals surface area contributed by atoms with Gasteiger partial charge in [-0.05, 0) is 43.2 Å². The molecule has 2 amide bonds. The van der Waals surface area contributed by atoms with Gasteiger partial charge in [0.05, 0.1) is 48.9 Å². The lowest BCUT2D eigenvalue weighted by Gasteiger charge is -2.37. The highest BCUT2D eigenvalue weighted by atomic mass is 16.5. The molecule has 0 bridgehead atoms. The van der Waals surface area contributed by atoms with Crippen molar-refractivity contribution in [2.45, 2.75) is 25.5 Å². The number of carboxylic acid groups (broad SMARTS) is 1. The van der Waals surface area contributed by atoms with Gasteiger partial charge in [0.25, 0.3) is 0 Å². The maximum absolute atomic E-state index is 12.9. The second-order valence-corrected chi connectivity index (χ2v) is 7.31. The first kappa shape index (κ1) is 20.1. The van der Waals surface area contributed by atoms with E-state index in [1.807, 2.05) is 0 Å². The van der Waals surface area contributed by atoms with Crippen LogP contribution in [0.1, 0.15) is 29.0 Å². The number of carboxylic acids is 1. The predicted octanol–water partition coefficient (Wildman–Crippen LogP) is 1.63. The van der Waals surface area contributed by atoms with Gasteiger partial charge in [-0.1, -0.05) is 0 Å². The number of hydrogen-bond donors (Lipinski definition) is 2. The first-order chi connectivity index (χ1) is 14.5. The van der Waals surface area contributed by atoms with Crippen LogP contribution in [0.25, 0.3) is 0 Å². The quantitative estimate of drug-likeness (QED) is 0.709. The Labute approximate surface area is 173 Å². The largest absolute Gasteiger partial charge is 0.478 e. The summed E-state index contributed by atoms with van der Waals surface area (Å²) in [6.07, 6.45) is 3.31. The summed E-state index contributed by atoms with van der Waals surface area (Å²) in [5.74, 6) is -0.950. The molecular weight excluding hydrogens is 390 g/mol. The molecule has 30 heavy (non-hydrogen) atoms. The van der Waals surface area contributed by atoms with Crippen molar-refractivity contribution >= 4 is 29.2 Å². The molecule has 1 aromatic heterocycles. The topological polar surface area (TPSA) is 112 Å². The molecule has 0 spiro atoms. The van der Waals surface area contributed by atoms with E-state index in [1.165, 1.54) is 17.0 Å². The lowest BCUT2D eigenvalue weighted by atomic mass is 10.1. The summed E-state index contributed by atoms with van der Waals surface area (Å²) in [6, 6.07) is 8.02. The van der Waals surface area contributed by atoms with Crippen molar-refractivity contribution in [1.29, 1.82) is 0 Å². The van der Waals surface area contributed by atoms with Crippen LogP contribution in [0.2, 0.25) is 0 Å². The summed E-state index contributed by atoms with van der Waals surface area (Å²) in [5.41, 5.74) is 0.991. The van der Waals surface area contributed by atoms with Gasteiger partial charge in [-0.3, -0.25) is 14.5 Å². The van der Waals surface area contributed by atoms with Gasteiger partial charge >= 0.3 is 5.97 Å². The van der Waals surface area contributed by atoms with E-state index in [2.05, 4.69) is 5.32 Å². The van der Waals surface area contributed by atoms with Crippen LogP contribution in [0.5, 0.6) is 0 Å². The van der Waals surface area contributed by atoms with Crippen molar-refractivity contribution in [3.05, 3.63) is 47.9 Å². The Bertz CT molecular complexity index is 936. The van der Waals surface area contributed by atoms with E-state index < -0.39 is 5.97 Å². The van der Waals surface area contributed by atoms with Gasteiger partial charge in [-0.15, -0.1) is 0 Å². The molecule has 3 heterocycles. The maximum Gasteiger partial charge on any atom is 0.335 e. The summed E-state index contributed by atoms with van der Waals surface area (Å²) in [5, 5.41) is 12.4. The minimum Gasteiger partial charge on any atom is -0.478 e. The minimum atomic E-state index is -1.09. The third-order valence-electron chi connectivity index (χ3n) is 5.27. The van der Waals surface area contributed by atoms with Crippen LogP contribution in [0, 0.1) is 0 Å². The molecule has 1 saturated heterocycles. The Hall–Kier alpha value is -3.17. The number of carbonyl (C=O) groups is 3. The van der Waals surface area contributed by atoms with Crippen molar-refractivity contribution < 1.29 is 28.6 Å². The molecule has 9 heteroatoms. The van der Waals surface area contributed by atoms with Gasteiger partial charge in [0.2, 0.25) is 11.8 Å². The number of fused-ring (bicyclic) bond motifs is 1. The molecule has 2 aliphatic heterocycles. The summed E-state index contributed by atoms with van der Waals surface area (Å²) in [4.78, 5) is 40.1. The second-order valence-electron chi connectivity index (χ2n) is 7.31. The zero-order valence-corrected chi connectivity index (χ0v) is 16.4. The Morgan fingerprint density at radius 1 is 1.23 bits per heavy atom. The van der Waals surface area contributed by atoms with Crippen molar-refractivity contribution in [3.63, 3.8) is 0 Å². The molecule has 1 fully saturated rings. The van der Waals surface area contributed by atoms with E-state index in [0.29, 0.717) is 36.8 Å². The predicted molar refractivity (Wildman–Crippen MR) is 107 cm³/mol. The number of ether oxygens (including phenoxy) is 1. The number of furan rings is 1. The van der Waals surface area contributed by atoms with Gasteiger partial charge in [-0.2, -0.15) is 0 Å². The molecular formula is C21H23N3O6. The molecule has 9 nitrogen and oxygen atoms in total. The first-order valence-corrected chi connectivity index (χ1v) is 9.85. The van der Waals surface area contributed by atoms with Crippen LogP contribution in [0.15, 0.2) is 41.0 Å². The number of anilines is 2. The van der Waals surface area contributed by atoms with Crippen LogP contribution in [0.4, 0.5) is 11.4 Å². The first-order valence-electron chi connectivity index (χ1n) is 9.85. The van der Waals surface area contributed by atoms with E-state index in [0.717, 1.165) is 12.8 Å². The molecule has 4 rings (SSSR count). The van der Waals surface area contributed by atoms with Gasteiger partial charge in [0, 0.05) is 6.61 Å². The highest BCUT2D eigenvalue weighted by molar-refractivity contribution is 6.12. The van der Waals surface area contributed by atoms with E-state index in [4.69, 9.17) is 9.15 Å². The number of hydrogen-bond acceptors (Lipinski definition) is 6. The molecule has 2 aromatic rings. The van der Waals surface area contributed by atoms with Crippen molar-refractivity contribution in [2.75, 3.05) is 36.0 Å². The second kappa shape index (κ2) is 8.68. The number of rotatable bonds is 7. The normalized spacial score (nSPS) is 18.5. The summed E-state index contributed by atoms with van der Waals surface area (Å²) >= 11 is 0. The Morgan fingerprint density at radius 2 is 2.10 bits per heavy atom. The molecule has 0 saturated carbocycles. The maximum atomic E-state index is 12.9. The molecule has 1 unspecified atom stereocenters. The van der Waals surface area contributed by atoms with E-state index in [9.17, 15) is 19.5 Å². The van der Waals surface area contributed by atoms with Crippen LogP contribution < -0.4 is 15.1 Å². The fourth-order valence-corrected chi connectivity index (χ4v) is 3.76. The summed E-state index contributed by atoms with van der Waals surface area (Å²) in [7, 11) is 0. The van der Waals surface area contributed by atoms with Crippen LogP contribution in [0.3, 0.4) is 0 Å². The molecule has 2 aliphatic rings. The zero-order valence-electron chi connectivity index (χ0n) is 16.4. The number of nitrogens with one attached hydrogen (secondary N) is 1. The highest BCUT2D eigenvalue weighted by Crippen LogP contribution is 2.35. The molecule has 0 aliphatic carbocycles. The van der Waals surface area contributed by atoms with Crippen molar-refractivity contribution in [3.8, 4) is 0 Å². The Morgan fingerprint density at radius 3 is 2.80 bits per heavy atom. The van der Waals surface area contributed by atoms with E-state index >= 15 is 0 Å². The summed E-state index contributed by atoms with van der Waals surface area (Å²) in [6.45, 7) is 1.26. The van der Waals surface area contributed by atoms with Crippen molar-refractivity contribution in [1.82, 2.24) is 5.32 Å². The summed E-state index contributed by atoms with van der Waals surface area (Å²) < 4.78 is 10.9. The highest BCUT2D eigenvalue weighted by Gasteiger charge is 2.35. The van der Waals surface area contributed by atoms with Crippen LogP contribution in [-0.4, -0.2) is 55.2 Å². The molecule has 0 radical (unpaired) electrons. The molecule has 1 aromatic carbocycles. The van der Waals surface area contributed by atoms with Crippen LogP contribution in [-0.2, 0) is 20.9 Å². The van der Waals surface area contributed by atoms with E-state index in [1.54, 1.807) is 29.4 Å². The fourth-order valence-electron chi connectivity index (χ4n) is 3.76. The van der Waals surface area contributed by atoms with Crippen LogP contribution >= 0.6 is 0 Å². The number of amides is 2. The van der Waals surface area contributed by atoms with Gasteiger partial charge in [0.1, 0.15) is 12.3 Å². The third-order valence-corrected chi connectivity index (χ3v) is 5.27. The number of carbonyl (C=O) groups excluding carboxylic acids is 2. The number of benzene rings is 1. The molecule has 1 atom stereocenters. The lowest BCUT2D eigenvalue weighted by molar-refractivity contribution is -0.122. The number of aromatic carboxylic acids is 1. The standard InChI is InChI=1S/C21H23N3O6/c25-19(11-22-10-15-3-1-7-29-15)24-13-20(26)23(12-16-4-2-8-30-16)17-6-5-14(21(27)28)9-18(17)24/h1,3,5-7,9,16,22H,2,4,8,10-13H2,(H,27,28). The Balaban J connectivity index is 1.55. The average molecular weight is 413 g/mol. The zero-order chi connectivity index (χ0) is 21.1. The Kier molecular flexibility index (Phi) is 5.82. The fraction of sp³-hybridized carbons (Fsp3) is 0.381. The van der Waals surface area contributed by atoms with Gasteiger partial charge < -0.3 is 24.5 Å². The van der Waals surface area contributed by atoms with Gasteiger partial charge in [-0.25, -0.2) is 4.79 Å². The SMILES string of the molecule is O=C(O)c1ccc2c(c1)N(C(=O)CNCc1ccco1)CC(=O)N2CC1CCCO1. The molecule has 2 N–H and O–H groups in total.